The van der Waals surface area contributed by atoms with E-state index in [1.54, 1.807) is 30.2 Å². The summed E-state index contributed by atoms with van der Waals surface area (Å²) in [7, 11) is 0.565. The summed E-state index contributed by atoms with van der Waals surface area (Å²) in [6.07, 6.45) is 3.29. The Morgan fingerprint density at radius 3 is 2.64 bits per heavy atom. The van der Waals surface area contributed by atoms with Crippen LogP contribution in [0.4, 0.5) is 5.69 Å². The van der Waals surface area contributed by atoms with Crippen LogP contribution in [-0.2, 0) is 18.5 Å². The maximum absolute atomic E-state index is 12.7. The molecule has 172 valence electrons. The molecule has 3 aromatic heterocycles. The van der Waals surface area contributed by atoms with Gasteiger partial charge in [-0.15, -0.1) is 0 Å². The number of nitrogens with one attached hydrogen (secondary N) is 1. The van der Waals surface area contributed by atoms with E-state index in [1.165, 1.54) is 5.56 Å². The summed E-state index contributed by atoms with van der Waals surface area (Å²) in [6, 6.07) is 15.2. The number of hydrogen-bond donors (Lipinski definition) is 1. The van der Waals surface area contributed by atoms with Gasteiger partial charge in [-0.25, -0.2) is 0 Å². The molecule has 0 radical (unpaired) electrons. The van der Waals surface area contributed by atoms with E-state index in [9.17, 15) is 4.79 Å². The van der Waals surface area contributed by atoms with Gasteiger partial charge in [0.25, 0.3) is 5.91 Å². The number of ether oxygens (including phenoxy) is 1. The number of rotatable bonds is 8. The Labute approximate surface area is 195 Å². The minimum Gasteiger partial charge on any atom is -0.361 e. The normalized spacial score (nSPS) is 11.8. The Morgan fingerprint density at radius 1 is 1.15 bits per heavy atom. The van der Waals surface area contributed by atoms with Crippen LogP contribution in [0.25, 0.3) is 22.3 Å². The van der Waals surface area contributed by atoms with Crippen LogP contribution >= 0.6 is 0 Å². The lowest BCUT2D eigenvalue weighted by Gasteiger charge is -2.17. The van der Waals surface area contributed by atoms with Crippen molar-refractivity contribution < 1.29 is 9.53 Å². The molecular formula is C25H31N5O2Si. The van der Waals surface area contributed by atoms with Crippen molar-refractivity contribution in [3.63, 3.8) is 0 Å². The van der Waals surface area contributed by atoms with Crippen LogP contribution in [0.15, 0.2) is 54.9 Å². The van der Waals surface area contributed by atoms with Crippen molar-refractivity contribution in [2.75, 3.05) is 11.9 Å². The highest BCUT2D eigenvalue weighted by atomic mass is 28.3. The quantitative estimate of drug-likeness (QED) is 0.285. The molecule has 1 aromatic carbocycles. The van der Waals surface area contributed by atoms with Gasteiger partial charge in [0, 0.05) is 33.5 Å². The number of benzene rings is 1. The number of anilines is 1. The zero-order valence-corrected chi connectivity index (χ0v) is 20.9. The van der Waals surface area contributed by atoms with Crippen LogP contribution in [0, 0.1) is 6.92 Å². The molecule has 0 bridgehead atoms. The number of fused-ring (bicyclic) bond motifs is 1. The predicted molar refractivity (Wildman–Crippen MR) is 135 cm³/mol. The first-order valence-corrected chi connectivity index (χ1v) is 14.9. The molecule has 1 amide bonds. The van der Waals surface area contributed by atoms with E-state index in [4.69, 9.17) is 4.74 Å². The molecule has 8 heteroatoms. The molecule has 4 rings (SSSR count). The molecule has 3 heterocycles. The van der Waals surface area contributed by atoms with E-state index in [2.05, 4.69) is 64.7 Å². The average molecular weight is 462 g/mol. The average Bonchev–Trinajstić information content (AvgIpc) is 3.34. The number of pyridine rings is 1. The third kappa shape index (κ3) is 5.23. The van der Waals surface area contributed by atoms with Gasteiger partial charge in [0.2, 0.25) is 0 Å². The Hall–Kier alpha value is -3.23. The first kappa shape index (κ1) is 22.9. The Balaban J connectivity index is 1.68. The van der Waals surface area contributed by atoms with Crippen LogP contribution in [-0.4, -0.2) is 39.9 Å². The van der Waals surface area contributed by atoms with E-state index in [1.807, 2.05) is 18.2 Å². The molecule has 7 nitrogen and oxygen atoms in total. The molecule has 1 N–H and O–H groups in total. The topological polar surface area (TPSA) is 74.0 Å². The van der Waals surface area contributed by atoms with Crippen molar-refractivity contribution >= 4 is 30.7 Å². The second-order valence-electron chi connectivity index (χ2n) is 9.54. The van der Waals surface area contributed by atoms with E-state index in [0.29, 0.717) is 18.1 Å². The molecule has 0 saturated heterocycles. The zero-order chi connectivity index (χ0) is 23.6. The number of aromatic nitrogens is 4. The van der Waals surface area contributed by atoms with Crippen molar-refractivity contribution in [1.82, 2.24) is 19.3 Å². The molecule has 0 unspecified atom stereocenters. The van der Waals surface area contributed by atoms with Gasteiger partial charge in [-0.3, -0.25) is 14.5 Å². The molecule has 0 aliphatic carbocycles. The van der Waals surface area contributed by atoms with Gasteiger partial charge in [0.15, 0.2) is 0 Å². The summed E-state index contributed by atoms with van der Waals surface area (Å²) in [5.74, 6) is -0.222. The van der Waals surface area contributed by atoms with E-state index in [0.717, 1.165) is 34.9 Å². The predicted octanol–water partition coefficient (Wildman–Crippen LogP) is 5.31. The smallest absolute Gasteiger partial charge is 0.273 e. The highest BCUT2D eigenvalue weighted by Crippen LogP contribution is 2.31. The van der Waals surface area contributed by atoms with Crippen LogP contribution in [0.2, 0.25) is 25.7 Å². The summed E-state index contributed by atoms with van der Waals surface area (Å²) < 4.78 is 9.83. The van der Waals surface area contributed by atoms with Crippen LogP contribution in [0.3, 0.4) is 0 Å². The number of hydrogen-bond acceptors (Lipinski definition) is 4. The van der Waals surface area contributed by atoms with Gasteiger partial charge in [-0.2, -0.15) is 5.10 Å². The minimum atomic E-state index is -1.18. The zero-order valence-electron chi connectivity index (χ0n) is 19.9. The van der Waals surface area contributed by atoms with Crippen molar-refractivity contribution in [1.29, 1.82) is 0 Å². The Morgan fingerprint density at radius 2 is 1.94 bits per heavy atom. The fourth-order valence-corrected chi connectivity index (χ4v) is 4.50. The number of amides is 1. The number of nitrogens with zero attached hydrogens (tertiary/aromatic N) is 4. The van der Waals surface area contributed by atoms with Gasteiger partial charge < -0.3 is 14.6 Å². The Bertz CT molecular complexity index is 1290. The SMILES string of the molecule is Cc1ccccc1-c1cc2ncc(NC(=O)c3ccnn3C)cc2n1COCC[Si](C)(C)C. The monoisotopic (exact) mass is 461 g/mol. The molecule has 0 aliphatic rings. The summed E-state index contributed by atoms with van der Waals surface area (Å²) in [5, 5.41) is 7.01. The van der Waals surface area contributed by atoms with Gasteiger partial charge in [-0.05, 0) is 36.7 Å². The van der Waals surface area contributed by atoms with Crippen molar-refractivity contribution in [3.05, 3.63) is 66.1 Å². The third-order valence-corrected chi connectivity index (χ3v) is 7.41. The van der Waals surface area contributed by atoms with E-state index in [-0.39, 0.29) is 5.91 Å². The van der Waals surface area contributed by atoms with Crippen molar-refractivity contribution in [3.8, 4) is 11.3 Å². The maximum atomic E-state index is 12.7. The van der Waals surface area contributed by atoms with Gasteiger partial charge in [0.1, 0.15) is 12.4 Å². The molecule has 0 fully saturated rings. The number of aryl methyl sites for hydroxylation is 2. The van der Waals surface area contributed by atoms with Gasteiger partial charge >= 0.3 is 0 Å². The van der Waals surface area contributed by atoms with Crippen LogP contribution in [0.5, 0.6) is 0 Å². The molecule has 0 spiro atoms. The summed E-state index contributed by atoms with van der Waals surface area (Å²) >= 11 is 0. The maximum Gasteiger partial charge on any atom is 0.273 e. The Kier molecular flexibility index (Phi) is 6.48. The first-order chi connectivity index (χ1) is 15.7. The summed E-state index contributed by atoms with van der Waals surface area (Å²) in [5.41, 5.74) is 6.29. The van der Waals surface area contributed by atoms with Crippen molar-refractivity contribution in [2.45, 2.75) is 39.3 Å². The van der Waals surface area contributed by atoms with E-state index >= 15 is 0 Å². The molecular weight excluding hydrogens is 430 g/mol. The summed E-state index contributed by atoms with van der Waals surface area (Å²) in [4.78, 5) is 17.3. The largest absolute Gasteiger partial charge is 0.361 e. The number of carbonyl (C=O) groups is 1. The lowest BCUT2D eigenvalue weighted by molar-refractivity contribution is 0.0912. The molecule has 33 heavy (non-hydrogen) atoms. The molecule has 0 aliphatic heterocycles. The lowest BCUT2D eigenvalue weighted by atomic mass is 10.1. The highest BCUT2D eigenvalue weighted by molar-refractivity contribution is 6.76. The fraction of sp³-hybridized carbons (Fsp3) is 0.320. The first-order valence-electron chi connectivity index (χ1n) is 11.2. The van der Waals surface area contributed by atoms with E-state index < -0.39 is 8.07 Å². The minimum absolute atomic E-state index is 0.222. The standard InChI is InChI=1S/C25H31N5O2Si/c1-18-8-6-7-9-20(18)23-15-21-24(30(23)17-32-12-13-33(3,4)5)14-19(16-26-21)28-25(31)22-10-11-27-29(22)2/h6-11,14-16H,12-13,17H2,1-5H3,(H,28,31). The third-order valence-electron chi connectivity index (χ3n) is 5.70. The van der Waals surface area contributed by atoms with Crippen LogP contribution in [0.1, 0.15) is 16.1 Å². The second kappa shape index (κ2) is 9.33. The molecule has 4 aromatic rings. The second-order valence-corrected chi connectivity index (χ2v) is 15.2. The lowest BCUT2D eigenvalue weighted by Crippen LogP contribution is -2.22. The van der Waals surface area contributed by atoms with Gasteiger partial charge in [-0.1, -0.05) is 43.9 Å². The molecule has 0 saturated carbocycles. The van der Waals surface area contributed by atoms with Crippen molar-refractivity contribution in [2.24, 2.45) is 7.05 Å². The van der Waals surface area contributed by atoms with Crippen LogP contribution < -0.4 is 5.32 Å². The fourth-order valence-electron chi connectivity index (χ4n) is 3.75. The summed E-state index contributed by atoms with van der Waals surface area (Å²) in [6.45, 7) is 10.3. The molecule has 0 atom stereocenters. The number of carbonyl (C=O) groups excluding carboxylic acids is 1. The van der Waals surface area contributed by atoms with Gasteiger partial charge in [0.05, 0.1) is 28.6 Å². The highest BCUT2D eigenvalue weighted by Gasteiger charge is 2.17.